The average Bonchev–Trinajstić information content (AvgIpc) is 2.86. The molecule has 0 aliphatic carbocycles. The number of rotatable bonds is 10. The van der Waals surface area contributed by atoms with Crippen LogP contribution in [-0.4, -0.2) is 76.2 Å². The molecule has 18 heteroatoms. The van der Waals surface area contributed by atoms with Gasteiger partial charge in [-0.3, -0.25) is 13.9 Å². The lowest BCUT2D eigenvalue weighted by atomic mass is 10.1. The van der Waals surface area contributed by atoms with Gasteiger partial charge in [-0.25, -0.2) is 13.9 Å². The van der Waals surface area contributed by atoms with E-state index in [4.69, 9.17) is 19.6 Å². The van der Waals surface area contributed by atoms with E-state index in [1.807, 2.05) is 0 Å². The number of aromatic nitrogens is 2. The maximum absolute atomic E-state index is 12.2. The summed E-state index contributed by atoms with van der Waals surface area (Å²) in [5.74, 6) is -0.844. The summed E-state index contributed by atoms with van der Waals surface area (Å²) in [6.07, 6.45) is -5.23. The molecule has 0 spiro atoms. The van der Waals surface area contributed by atoms with Crippen molar-refractivity contribution in [3.8, 4) is 0 Å². The molecule has 1 aliphatic heterocycles. The Labute approximate surface area is 172 Å². The first-order valence-corrected chi connectivity index (χ1v) is 12.0. The highest BCUT2D eigenvalue weighted by molar-refractivity contribution is 7.99. The monoisotopic (exact) mass is 492 g/mol. The number of carbonyl (C=O) groups is 1. The zero-order valence-electron chi connectivity index (χ0n) is 14.8. The fraction of sp³-hybridized carbons (Fsp3) is 0.583. The third kappa shape index (κ3) is 7.21. The predicted molar refractivity (Wildman–Crippen MR) is 96.3 cm³/mol. The van der Waals surface area contributed by atoms with Crippen molar-refractivity contribution in [2.75, 3.05) is 12.4 Å². The Hall–Kier alpha value is -1.16. The molecule has 1 aromatic rings. The molecule has 30 heavy (non-hydrogen) atoms. The highest BCUT2D eigenvalue weighted by Crippen LogP contribution is 2.57. The second kappa shape index (κ2) is 9.97. The number of phosphoric acid groups is 2. The zero-order valence-corrected chi connectivity index (χ0v) is 17.4. The molecule has 2 heterocycles. The molecule has 1 aliphatic rings. The minimum atomic E-state index is -5.34. The van der Waals surface area contributed by atoms with Crippen LogP contribution in [0.1, 0.15) is 12.6 Å². The molecule has 0 bridgehead atoms. The molecule has 5 atom stereocenters. The van der Waals surface area contributed by atoms with E-state index >= 15 is 0 Å². The average molecular weight is 492 g/mol. The lowest BCUT2D eigenvalue weighted by Gasteiger charge is -2.18. The Bertz CT molecular complexity index is 920. The van der Waals surface area contributed by atoms with Gasteiger partial charge in [0.1, 0.15) is 23.3 Å². The van der Waals surface area contributed by atoms with Gasteiger partial charge in [-0.15, -0.1) is 11.8 Å². The van der Waals surface area contributed by atoms with E-state index in [-0.39, 0.29) is 17.2 Å². The summed E-state index contributed by atoms with van der Waals surface area (Å²) in [4.78, 5) is 52.7. The Morgan fingerprint density at radius 2 is 1.93 bits per heavy atom. The van der Waals surface area contributed by atoms with Crippen LogP contribution in [0.25, 0.3) is 0 Å². The van der Waals surface area contributed by atoms with Crippen molar-refractivity contribution < 1.29 is 57.5 Å². The number of aliphatic carboxylic acids is 1. The molecule has 2 rings (SSSR count). The molecule has 6 N–H and O–H groups in total. The second-order valence-electron chi connectivity index (χ2n) is 5.83. The zero-order chi connectivity index (χ0) is 22.7. The number of carboxylic acids is 1. The third-order valence-corrected chi connectivity index (χ3v) is 6.68. The fourth-order valence-electron chi connectivity index (χ4n) is 2.34. The van der Waals surface area contributed by atoms with Gasteiger partial charge in [0.2, 0.25) is 0 Å². The van der Waals surface area contributed by atoms with Crippen LogP contribution in [0.5, 0.6) is 0 Å². The summed E-state index contributed by atoms with van der Waals surface area (Å²) >= 11 is 1.02. The fourth-order valence-corrected chi connectivity index (χ4v) is 4.72. The Morgan fingerprint density at radius 3 is 2.50 bits per heavy atom. The number of hydrogen-bond acceptors (Lipinski definition) is 11. The second-order valence-corrected chi connectivity index (χ2v) is 9.78. The van der Waals surface area contributed by atoms with Crippen molar-refractivity contribution in [2.24, 2.45) is 0 Å². The van der Waals surface area contributed by atoms with E-state index in [0.717, 1.165) is 16.3 Å². The third-order valence-electron chi connectivity index (χ3n) is 3.59. The first-order chi connectivity index (χ1) is 13.8. The summed E-state index contributed by atoms with van der Waals surface area (Å²) < 4.78 is 36.1. The number of phosphoric ester groups is 1. The molecule has 1 unspecified atom stereocenters. The van der Waals surface area contributed by atoms with Gasteiger partial charge in [-0.2, -0.15) is 9.29 Å². The highest BCUT2D eigenvalue weighted by atomic mass is 32.2. The van der Waals surface area contributed by atoms with Crippen LogP contribution in [0.4, 0.5) is 0 Å². The van der Waals surface area contributed by atoms with Crippen LogP contribution in [0.2, 0.25) is 0 Å². The number of nitrogens with zero attached hydrogens (tertiary/aromatic N) is 2. The number of aliphatic hydroxyl groups excluding tert-OH is 2. The molecular formula is C12H18N2O13P2S. The first kappa shape index (κ1) is 25.1. The minimum absolute atomic E-state index is 0.145. The van der Waals surface area contributed by atoms with Crippen molar-refractivity contribution in [2.45, 2.75) is 36.0 Å². The minimum Gasteiger partial charge on any atom is -0.481 e. The predicted octanol–water partition coefficient (Wildman–Crippen LogP) is -1.34. The van der Waals surface area contributed by atoms with Crippen LogP contribution in [-0.2, 0) is 27.5 Å². The van der Waals surface area contributed by atoms with Gasteiger partial charge >= 0.3 is 27.3 Å². The van der Waals surface area contributed by atoms with Gasteiger partial charge < -0.3 is 34.7 Å². The summed E-state index contributed by atoms with van der Waals surface area (Å²) in [6, 6.07) is 1.36. The normalized spacial score (nSPS) is 26.4. The van der Waals surface area contributed by atoms with Crippen LogP contribution >= 0.6 is 27.4 Å². The van der Waals surface area contributed by atoms with Gasteiger partial charge in [-0.1, -0.05) is 0 Å². The highest BCUT2D eigenvalue weighted by Gasteiger charge is 2.45. The largest absolute Gasteiger partial charge is 0.481 e. The number of carboxylic acid groups (broad SMARTS) is 1. The molecule has 1 aromatic heterocycles. The molecular weight excluding hydrogens is 474 g/mol. The lowest BCUT2D eigenvalue weighted by molar-refractivity contribution is -0.136. The smallest absolute Gasteiger partial charge is 0.481 e. The van der Waals surface area contributed by atoms with Crippen molar-refractivity contribution in [3.63, 3.8) is 0 Å². The van der Waals surface area contributed by atoms with E-state index in [1.54, 1.807) is 0 Å². The van der Waals surface area contributed by atoms with E-state index in [2.05, 4.69) is 13.8 Å². The van der Waals surface area contributed by atoms with E-state index in [9.17, 15) is 33.8 Å². The van der Waals surface area contributed by atoms with E-state index < -0.39 is 58.5 Å². The Balaban J connectivity index is 2.04. The summed E-state index contributed by atoms with van der Waals surface area (Å²) in [5, 5.41) is 29.0. The van der Waals surface area contributed by atoms with Crippen LogP contribution in [0.15, 0.2) is 22.1 Å². The molecule has 170 valence electrons. The molecule has 1 saturated heterocycles. The molecule has 0 amide bonds. The SMILES string of the molecule is O=C(O)CCSc1ccn([C@@H]2O[C@H](COP(=O)(O)OP(=O)(O)O)[C@@H](O)[C@H]2O)c(=O)n1. The Morgan fingerprint density at radius 1 is 1.27 bits per heavy atom. The van der Waals surface area contributed by atoms with Crippen molar-refractivity contribution >= 4 is 33.4 Å². The number of aliphatic hydroxyl groups is 2. The first-order valence-electron chi connectivity index (χ1n) is 7.99. The van der Waals surface area contributed by atoms with Crippen molar-refractivity contribution in [1.82, 2.24) is 9.55 Å². The van der Waals surface area contributed by atoms with E-state index in [1.165, 1.54) is 12.3 Å². The molecule has 15 nitrogen and oxygen atoms in total. The lowest BCUT2D eigenvalue weighted by Crippen LogP contribution is -2.36. The van der Waals surface area contributed by atoms with Crippen LogP contribution in [0.3, 0.4) is 0 Å². The number of thioether (sulfide) groups is 1. The van der Waals surface area contributed by atoms with Crippen LogP contribution < -0.4 is 5.69 Å². The summed E-state index contributed by atoms with van der Waals surface area (Å²) in [7, 11) is -10.5. The molecule has 0 radical (unpaired) electrons. The summed E-state index contributed by atoms with van der Waals surface area (Å²) in [5.41, 5.74) is -0.884. The number of ether oxygens (including phenoxy) is 1. The quantitative estimate of drug-likeness (QED) is 0.126. The van der Waals surface area contributed by atoms with Gasteiger partial charge in [-0.05, 0) is 6.07 Å². The van der Waals surface area contributed by atoms with Gasteiger partial charge in [0.05, 0.1) is 13.0 Å². The van der Waals surface area contributed by atoms with Crippen molar-refractivity contribution in [1.29, 1.82) is 0 Å². The maximum atomic E-state index is 12.2. The topological polar surface area (TPSA) is 235 Å². The van der Waals surface area contributed by atoms with Gasteiger partial charge in [0.15, 0.2) is 6.23 Å². The molecule has 0 aromatic carbocycles. The number of hydrogen-bond donors (Lipinski definition) is 6. The Kier molecular flexibility index (Phi) is 8.35. The van der Waals surface area contributed by atoms with Gasteiger partial charge in [0, 0.05) is 11.9 Å². The molecule has 1 fully saturated rings. The standard InChI is InChI=1S/C12H18N2O13P2S/c15-8(16)2-4-30-7-1-3-14(12(19)13-7)11-10(18)9(17)6(26-11)5-25-29(23,24)27-28(20,21)22/h1,3,6,9-11,17-18H,2,4-5H2,(H,15,16)(H,23,24)(H2,20,21,22)/t6-,9-,10-,11-/m1/s1. The van der Waals surface area contributed by atoms with Crippen molar-refractivity contribution in [3.05, 3.63) is 22.7 Å². The van der Waals surface area contributed by atoms with E-state index in [0.29, 0.717) is 0 Å². The van der Waals surface area contributed by atoms with Gasteiger partial charge in [0.25, 0.3) is 0 Å². The maximum Gasteiger partial charge on any atom is 0.481 e. The van der Waals surface area contributed by atoms with Crippen LogP contribution in [0, 0.1) is 0 Å². The summed E-state index contributed by atoms with van der Waals surface area (Å²) in [6.45, 7) is -0.909. The molecule has 0 saturated carbocycles.